The van der Waals surface area contributed by atoms with Crippen molar-refractivity contribution in [2.75, 3.05) is 28.4 Å². The van der Waals surface area contributed by atoms with E-state index in [1.54, 1.807) is 0 Å². The van der Waals surface area contributed by atoms with Gasteiger partial charge in [-0.1, -0.05) is 0 Å². The number of nitrogens with two attached hydrogens (primary N) is 1. The summed E-state index contributed by atoms with van der Waals surface area (Å²) in [5.41, 5.74) is 5.12. The molecule has 0 aliphatic rings. The van der Waals surface area contributed by atoms with Crippen LogP contribution < -0.4 is 5.73 Å². The Morgan fingerprint density at radius 3 is 1.93 bits per heavy atom. The zero-order chi connectivity index (χ0) is 11.8. The van der Waals surface area contributed by atoms with Gasteiger partial charge in [0, 0.05) is 14.2 Å². The van der Waals surface area contributed by atoms with Gasteiger partial charge in [0.1, 0.15) is 0 Å². The Labute approximate surface area is 88.3 Å². The first-order valence-corrected chi connectivity index (χ1v) is 4.03. The lowest BCUT2D eigenvalue weighted by atomic mass is 10.7. The number of urea groups is 1. The van der Waals surface area contributed by atoms with Gasteiger partial charge >= 0.3 is 6.03 Å². The Bertz CT molecular complexity index is 221. The van der Waals surface area contributed by atoms with E-state index < -0.39 is 12.4 Å². The summed E-state index contributed by atoms with van der Waals surface area (Å²) >= 11 is 0. The highest BCUT2D eigenvalue weighted by Crippen LogP contribution is 2.06. The molecule has 0 saturated carbocycles. The average molecular weight is 220 g/mol. The van der Waals surface area contributed by atoms with Crippen molar-refractivity contribution in [2.45, 2.75) is 6.41 Å². The van der Waals surface area contributed by atoms with E-state index in [0.29, 0.717) is 0 Å². The minimum absolute atomic E-state index is 0.105. The van der Waals surface area contributed by atoms with Crippen molar-refractivity contribution < 1.29 is 23.7 Å². The summed E-state index contributed by atoms with van der Waals surface area (Å²) in [7, 11) is 5.53. The summed E-state index contributed by atoms with van der Waals surface area (Å²) in [6.07, 6.45) is 0.308. The molecule has 2 N–H and O–H groups in total. The summed E-state index contributed by atoms with van der Waals surface area (Å²) in [4.78, 5) is 12.0. The first kappa shape index (κ1) is 13.5. The SMILES string of the molecule is COC(=CN(C(N)=O)C(OC)OC)OC. The molecule has 0 fully saturated rings. The maximum atomic E-state index is 11.1. The van der Waals surface area contributed by atoms with Gasteiger partial charge in [-0.15, -0.1) is 0 Å². The maximum absolute atomic E-state index is 11.1. The van der Waals surface area contributed by atoms with Gasteiger partial charge in [-0.2, -0.15) is 0 Å². The van der Waals surface area contributed by atoms with Crippen molar-refractivity contribution in [3.63, 3.8) is 0 Å². The van der Waals surface area contributed by atoms with Crippen LogP contribution in [0.3, 0.4) is 0 Å². The van der Waals surface area contributed by atoms with E-state index in [1.165, 1.54) is 34.6 Å². The third kappa shape index (κ3) is 4.05. The smallest absolute Gasteiger partial charge is 0.323 e. The van der Waals surface area contributed by atoms with Crippen LogP contribution in [0.15, 0.2) is 12.1 Å². The second-order valence-corrected chi connectivity index (χ2v) is 2.38. The van der Waals surface area contributed by atoms with Gasteiger partial charge in [0.25, 0.3) is 5.95 Å². The zero-order valence-electron chi connectivity index (χ0n) is 9.22. The van der Waals surface area contributed by atoms with E-state index in [4.69, 9.17) is 24.7 Å². The second kappa shape index (κ2) is 6.91. The van der Waals surface area contributed by atoms with Gasteiger partial charge in [0.05, 0.1) is 20.4 Å². The molecule has 0 unspecified atom stereocenters. The number of rotatable bonds is 6. The van der Waals surface area contributed by atoms with Crippen LogP contribution in [0.1, 0.15) is 0 Å². The van der Waals surface area contributed by atoms with Crippen LogP contribution in [0.5, 0.6) is 0 Å². The van der Waals surface area contributed by atoms with E-state index >= 15 is 0 Å². The van der Waals surface area contributed by atoms with Crippen molar-refractivity contribution in [3.05, 3.63) is 12.1 Å². The number of amides is 2. The fraction of sp³-hybridized carbons (Fsp3) is 0.625. The molecule has 0 rings (SSSR count). The minimum atomic E-state index is -0.928. The molecule has 2 amide bonds. The number of carbonyl (C=O) groups excluding carboxylic acids is 1. The third-order valence-corrected chi connectivity index (χ3v) is 1.53. The maximum Gasteiger partial charge on any atom is 0.323 e. The second-order valence-electron chi connectivity index (χ2n) is 2.38. The van der Waals surface area contributed by atoms with Crippen molar-refractivity contribution in [1.29, 1.82) is 0 Å². The summed E-state index contributed by atoms with van der Waals surface area (Å²) in [6.45, 7) is 0. The Morgan fingerprint density at radius 2 is 1.67 bits per heavy atom. The molecule has 88 valence electrons. The molecule has 0 bridgehead atoms. The molecule has 0 atom stereocenters. The van der Waals surface area contributed by atoms with Crippen LogP contribution in [-0.4, -0.2) is 45.8 Å². The molecule has 0 aromatic carbocycles. The van der Waals surface area contributed by atoms with E-state index in [-0.39, 0.29) is 5.95 Å². The van der Waals surface area contributed by atoms with Crippen molar-refractivity contribution in [2.24, 2.45) is 5.73 Å². The molecule has 7 heteroatoms. The molecule has 0 aromatic heterocycles. The standard InChI is InChI=1S/C8H16N2O5/c1-12-6(13-2)5-10(7(9)11)8(14-3)15-4/h5,8H,1-4H3,(H2,9,11). The molecule has 7 nitrogen and oxygen atoms in total. The monoisotopic (exact) mass is 220 g/mol. The molecule has 0 heterocycles. The van der Waals surface area contributed by atoms with Gasteiger partial charge < -0.3 is 24.7 Å². The Balaban J connectivity index is 4.80. The van der Waals surface area contributed by atoms with Gasteiger partial charge in [0.2, 0.25) is 6.41 Å². The van der Waals surface area contributed by atoms with Crippen LogP contribution in [0.2, 0.25) is 0 Å². The summed E-state index contributed by atoms with van der Waals surface area (Å²) in [5.74, 6) is 0.105. The Kier molecular flexibility index (Phi) is 6.23. The van der Waals surface area contributed by atoms with E-state index in [0.717, 1.165) is 4.90 Å². The molecule has 0 radical (unpaired) electrons. The van der Waals surface area contributed by atoms with Gasteiger partial charge in [-0.25, -0.2) is 9.69 Å². The molecular weight excluding hydrogens is 204 g/mol. The normalized spacial score (nSPS) is 9.67. The molecule has 0 saturated heterocycles. The number of primary amides is 1. The molecular formula is C8H16N2O5. The highest BCUT2D eigenvalue weighted by atomic mass is 16.7. The van der Waals surface area contributed by atoms with Crippen LogP contribution in [0.25, 0.3) is 0 Å². The van der Waals surface area contributed by atoms with Crippen molar-refractivity contribution in [3.8, 4) is 0 Å². The summed E-state index contributed by atoms with van der Waals surface area (Å²) in [5, 5.41) is 0. The number of ether oxygens (including phenoxy) is 4. The van der Waals surface area contributed by atoms with Crippen LogP contribution >= 0.6 is 0 Å². The molecule has 15 heavy (non-hydrogen) atoms. The quantitative estimate of drug-likeness (QED) is 0.504. The molecule has 0 spiro atoms. The summed E-state index contributed by atoms with van der Waals surface area (Å²) in [6, 6.07) is -0.754. The first-order chi connectivity index (χ1) is 7.10. The van der Waals surface area contributed by atoms with Gasteiger partial charge in [-0.3, -0.25) is 0 Å². The molecule has 0 aromatic rings. The highest BCUT2D eigenvalue weighted by Gasteiger charge is 2.20. The minimum Gasteiger partial charge on any atom is -0.468 e. The van der Waals surface area contributed by atoms with Gasteiger partial charge in [-0.05, 0) is 0 Å². The molecule has 0 aliphatic carbocycles. The predicted molar refractivity (Wildman–Crippen MR) is 51.3 cm³/mol. The lowest BCUT2D eigenvalue weighted by Gasteiger charge is -2.24. The van der Waals surface area contributed by atoms with Crippen molar-refractivity contribution in [1.82, 2.24) is 4.90 Å². The number of hydrogen-bond acceptors (Lipinski definition) is 5. The average Bonchev–Trinajstić information content (AvgIpc) is 2.24. The van der Waals surface area contributed by atoms with E-state index in [1.807, 2.05) is 0 Å². The van der Waals surface area contributed by atoms with Crippen LogP contribution in [-0.2, 0) is 18.9 Å². The lowest BCUT2D eigenvalue weighted by molar-refractivity contribution is -0.164. The van der Waals surface area contributed by atoms with Crippen LogP contribution in [0.4, 0.5) is 4.79 Å². The Morgan fingerprint density at radius 1 is 1.20 bits per heavy atom. The number of nitrogens with zero attached hydrogens (tertiary/aromatic N) is 1. The number of carbonyl (C=O) groups is 1. The fourth-order valence-corrected chi connectivity index (χ4v) is 0.854. The number of hydrogen-bond donors (Lipinski definition) is 1. The third-order valence-electron chi connectivity index (χ3n) is 1.53. The fourth-order valence-electron chi connectivity index (χ4n) is 0.854. The first-order valence-electron chi connectivity index (χ1n) is 4.03. The van der Waals surface area contributed by atoms with Crippen LogP contribution in [0, 0.1) is 0 Å². The van der Waals surface area contributed by atoms with E-state index in [2.05, 4.69) is 0 Å². The summed E-state index contributed by atoms with van der Waals surface area (Å²) < 4.78 is 19.3. The topological polar surface area (TPSA) is 83.3 Å². The predicted octanol–water partition coefficient (Wildman–Crippen LogP) is 0.0352. The highest BCUT2D eigenvalue weighted by molar-refractivity contribution is 5.73. The largest absolute Gasteiger partial charge is 0.468 e. The zero-order valence-corrected chi connectivity index (χ0v) is 9.22. The van der Waals surface area contributed by atoms with Gasteiger partial charge in [0.15, 0.2) is 0 Å². The van der Waals surface area contributed by atoms with E-state index in [9.17, 15) is 4.79 Å². The Hall–Kier alpha value is -1.47. The molecule has 0 aliphatic heterocycles. The number of methoxy groups -OCH3 is 4. The lowest BCUT2D eigenvalue weighted by Crippen LogP contribution is -2.42. The van der Waals surface area contributed by atoms with Crippen molar-refractivity contribution >= 4 is 6.03 Å².